The largest absolute Gasteiger partial charge is 0.573 e. The van der Waals surface area contributed by atoms with E-state index < -0.39 is 6.36 Å². The van der Waals surface area contributed by atoms with Crippen LogP contribution in [0.4, 0.5) is 13.2 Å². The zero-order valence-electron chi connectivity index (χ0n) is 13.9. The van der Waals surface area contributed by atoms with Gasteiger partial charge in [-0.25, -0.2) is 0 Å². The summed E-state index contributed by atoms with van der Waals surface area (Å²) >= 11 is 0. The molecule has 1 aliphatic rings. The Kier molecular flexibility index (Phi) is 5.46. The highest BCUT2D eigenvalue weighted by Crippen LogP contribution is 2.28. The van der Waals surface area contributed by atoms with E-state index in [0.717, 1.165) is 12.0 Å². The number of benzene rings is 2. The SMILES string of the molecule is O=C(NCc1ccccc1OC(F)(F)F)[C@H]1CC[C@H](c2ccccc2)N1. The second kappa shape index (κ2) is 7.78. The Balaban J connectivity index is 1.57. The highest BCUT2D eigenvalue weighted by Gasteiger charge is 2.32. The van der Waals surface area contributed by atoms with E-state index in [9.17, 15) is 18.0 Å². The first-order valence-corrected chi connectivity index (χ1v) is 8.35. The van der Waals surface area contributed by atoms with Crippen LogP contribution in [-0.4, -0.2) is 18.3 Å². The van der Waals surface area contributed by atoms with Gasteiger partial charge in [-0.2, -0.15) is 0 Å². The molecule has 138 valence electrons. The van der Waals surface area contributed by atoms with Gasteiger partial charge in [-0.15, -0.1) is 13.2 Å². The van der Waals surface area contributed by atoms with Crippen molar-refractivity contribution in [2.75, 3.05) is 0 Å². The maximum absolute atomic E-state index is 12.5. The molecule has 0 spiro atoms. The number of amides is 1. The van der Waals surface area contributed by atoms with Gasteiger partial charge in [0, 0.05) is 18.2 Å². The van der Waals surface area contributed by atoms with Crippen molar-refractivity contribution in [1.29, 1.82) is 0 Å². The van der Waals surface area contributed by atoms with Gasteiger partial charge in [0.2, 0.25) is 5.91 Å². The third kappa shape index (κ3) is 4.76. The minimum Gasteiger partial charge on any atom is -0.405 e. The minimum atomic E-state index is -4.77. The van der Waals surface area contributed by atoms with Crippen molar-refractivity contribution in [2.24, 2.45) is 0 Å². The molecular weight excluding hydrogens is 345 g/mol. The van der Waals surface area contributed by atoms with E-state index >= 15 is 0 Å². The number of para-hydroxylation sites is 1. The zero-order valence-corrected chi connectivity index (χ0v) is 13.9. The fourth-order valence-electron chi connectivity index (χ4n) is 3.08. The summed E-state index contributed by atoms with van der Waals surface area (Å²) in [5.74, 6) is -0.535. The van der Waals surface area contributed by atoms with E-state index in [1.54, 1.807) is 6.07 Å². The van der Waals surface area contributed by atoms with Crippen molar-refractivity contribution in [3.8, 4) is 5.75 Å². The molecule has 1 heterocycles. The summed E-state index contributed by atoms with van der Waals surface area (Å²) in [5.41, 5.74) is 1.39. The number of rotatable bonds is 5. The lowest BCUT2D eigenvalue weighted by Crippen LogP contribution is -2.40. The number of alkyl halides is 3. The smallest absolute Gasteiger partial charge is 0.405 e. The van der Waals surface area contributed by atoms with E-state index in [2.05, 4.69) is 15.4 Å². The molecule has 1 aliphatic heterocycles. The summed E-state index contributed by atoms with van der Waals surface area (Å²) in [6.07, 6.45) is -3.27. The highest BCUT2D eigenvalue weighted by atomic mass is 19.4. The van der Waals surface area contributed by atoms with Crippen molar-refractivity contribution >= 4 is 5.91 Å². The summed E-state index contributed by atoms with van der Waals surface area (Å²) in [6, 6.07) is 15.4. The molecule has 3 rings (SSSR count). The Labute approximate surface area is 149 Å². The summed E-state index contributed by atoms with van der Waals surface area (Å²) < 4.78 is 41.4. The van der Waals surface area contributed by atoms with Crippen LogP contribution < -0.4 is 15.4 Å². The van der Waals surface area contributed by atoms with Gasteiger partial charge in [0.15, 0.2) is 0 Å². The van der Waals surface area contributed by atoms with Gasteiger partial charge < -0.3 is 10.1 Å². The number of hydrogen-bond acceptors (Lipinski definition) is 3. The highest BCUT2D eigenvalue weighted by molar-refractivity contribution is 5.82. The number of ether oxygens (including phenoxy) is 1. The quantitative estimate of drug-likeness (QED) is 0.851. The lowest BCUT2D eigenvalue weighted by molar-refractivity contribution is -0.274. The van der Waals surface area contributed by atoms with Crippen LogP contribution in [0.5, 0.6) is 5.75 Å². The van der Waals surface area contributed by atoms with Crippen molar-refractivity contribution in [3.63, 3.8) is 0 Å². The monoisotopic (exact) mass is 364 g/mol. The Hall–Kier alpha value is -2.54. The average molecular weight is 364 g/mol. The maximum Gasteiger partial charge on any atom is 0.573 e. The van der Waals surface area contributed by atoms with Crippen molar-refractivity contribution in [3.05, 3.63) is 65.7 Å². The number of hydrogen-bond donors (Lipinski definition) is 2. The molecule has 0 radical (unpaired) electrons. The molecule has 2 aromatic carbocycles. The fourth-order valence-corrected chi connectivity index (χ4v) is 3.08. The Morgan fingerprint density at radius 3 is 2.50 bits per heavy atom. The topological polar surface area (TPSA) is 50.4 Å². The van der Waals surface area contributed by atoms with Gasteiger partial charge in [-0.05, 0) is 24.5 Å². The normalized spacial score (nSPS) is 20.0. The van der Waals surface area contributed by atoms with Gasteiger partial charge >= 0.3 is 6.36 Å². The van der Waals surface area contributed by atoms with E-state index in [-0.39, 0.29) is 35.8 Å². The molecule has 26 heavy (non-hydrogen) atoms. The fraction of sp³-hybridized carbons (Fsp3) is 0.316. The third-order valence-corrected chi connectivity index (χ3v) is 4.32. The Morgan fingerprint density at radius 1 is 1.08 bits per heavy atom. The Morgan fingerprint density at radius 2 is 1.77 bits per heavy atom. The summed E-state index contributed by atoms with van der Waals surface area (Å²) in [6.45, 7) is -0.0285. The van der Waals surface area contributed by atoms with Crippen LogP contribution >= 0.6 is 0 Å². The summed E-state index contributed by atoms with van der Waals surface area (Å²) in [5, 5.41) is 5.96. The van der Waals surface area contributed by atoms with Crippen molar-refractivity contribution < 1.29 is 22.7 Å². The number of halogens is 3. The molecule has 4 nitrogen and oxygen atoms in total. The molecule has 7 heteroatoms. The van der Waals surface area contributed by atoms with Gasteiger partial charge in [0.05, 0.1) is 6.04 Å². The lowest BCUT2D eigenvalue weighted by atomic mass is 10.1. The number of carbonyl (C=O) groups excluding carboxylic acids is 1. The first-order valence-electron chi connectivity index (χ1n) is 8.35. The number of nitrogens with one attached hydrogen (secondary N) is 2. The van der Waals surface area contributed by atoms with Crippen LogP contribution in [0.15, 0.2) is 54.6 Å². The van der Waals surface area contributed by atoms with Gasteiger partial charge in [0.25, 0.3) is 0 Å². The summed E-state index contributed by atoms with van der Waals surface area (Å²) in [7, 11) is 0. The molecule has 1 amide bonds. The molecule has 2 aromatic rings. The molecule has 2 N–H and O–H groups in total. The molecule has 0 unspecified atom stereocenters. The third-order valence-electron chi connectivity index (χ3n) is 4.32. The molecule has 0 aliphatic carbocycles. The van der Waals surface area contributed by atoms with E-state index in [0.29, 0.717) is 6.42 Å². The van der Waals surface area contributed by atoms with Crippen LogP contribution in [0.3, 0.4) is 0 Å². The van der Waals surface area contributed by atoms with Crippen LogP contribution in [0.2, 0.25) is 0 Å². The van der Waals surface area contributed by atoms with Crippen LogP contribution in [0, 0.1) is 0 Å². The first kappa shape index (κ1) is 18.3. The molecule has 0 bridgehead atoms. The molecular formula is C19H19F3N2O2. The van der Waals surface area contributed by atoms with Gasteiger partial charge in [0.1, 0.15) is 5.75 Å². The zero-order chi connectivity index (χ0) is 18.6. The predicted molar refractivity (Wildman–Crippen MR) is 90.3 cm³/mol. The molecule has 1 saturated heterocycles. The maximum atomic E-state index is 12.5. The standard InChI is InChI=1S/C19H19F3N2O2/c20-19(21,22)26-17-9-5-4-8-14(17)12-23-18(25)16-11-10-15(24-16)13-6-2-1-3-7-13/h1-9,15-16,24H,10-12H2,(H,23,25)/t15-,16-/m1/s1. The van der Waals surface area contributed by atoms with E-state index in [1.165, 1.54) is 18.2 Å². The predicted octanol–water partition coefficient (Wildman–Crippen LogP) is 3.69. The first-order chi connectivity index (χ1) is 12.4. The molecule has 0 aromatic heterocycles. The van der Waals surface area contributed by atoms with Crippen LogP contribution in [0.1, 0.15) is 30.0 Å². The van der Waals surface area contributed by atoms with Crippen molar-refractivity contribution in [1.82, 2.24) is 10.6 Å². The second-order valence-electron chi connectivity index (χ2n) is 6.13. The van der Waals surface area contributed by atoms with Gasteiger partial charge in [-0.1, -0.05) is 48.5 Å². The average Bonchev–Trinajstić information content (AvgIpc) is 3.10. The van der Waals surface area contributed by atoms with E-state index in [1.807, 2.05) is 30.3 Å². The minimum absolute atomic E-state index is 0.0285. The van der Waals surface area contributed by atoms with Crippen LogP contribution in [-0.2, 0) is 11.3 Å². The summed E-state index contributed by atoms with van der Waals surface area (Å²) in [4.78, 5) is 12.4. The second-order valence-corrected chi connectivity index (χ2v) is 6.13. The molecule has 1 fully saturated rings. The molecule has 0 saturated carbocycles. The lowest BCUT2D eigenvalue weighted by Gasteiger charge is -2.16. The van der Waals surface area contributed by atoms with Gasteiger partial charge in [-0.3, -0.25) is 10.1 Å². The Bertz CT molecular complexity index is 750. The van der Waals surface area contributed by atoms with Crippen LogP contribution in [0.25, 0.3) is 0 Å². The van der Waals surface area contributed by atoms with E-state index in [4.69, 9.17) is 0 Å². The van der Waals surface area contributed by atoms with Crippen molar-refractivity contribution in [2.45, 2.75) is 37.8 Å². The number of carbonyl (C=O) groups is 1. The molecule has 2 atom stereocenters.